The number of nitrogens with zero attached hydrogens (tertiary/aromatic N) is 1. The summed E-state index contributed by atoms with van der Waals surface area (Å²) in [7, 11) is 0. The second-order valence-corrected chi connectivity index (χ2v) is 5.98. The molecule has 0 spiro atoms. The molecule has 0 saturated carbocycles. The van der Waals surface area contributed by atoms with E-state index in [1.807, 2.05) is 0 Å². The summed E-state index contributed by atoms with van der Waals surface area (Å²) in [5.74, 6) is -0.733. The fraction of sp³-hybridized carbons (Fsp3) is 0.312. The number of β-amino-alcohol motifs (C(OH)–C–C–N with tert-alkyl or cyclic N) is 1. The average Bonchev–Trinajstić information content (AvgIpc) is 2.77. The number of hydrogen-bond donors (Lipinski definition) is 3. The number of benzene rings is 1. The maximum absolute atomic E-state index is 12.1. The molecule has 8 nitrogen and oxygen atoms in total. The molecular formula is C16H17N3O5. The van der Waals surface area contributed by atoms with Crippen molar-refractivity contribution in [3.8, 4) is 5.75 Å². The van der Waals surface area contributed by atoms with E-state index in [1.165, 1.54) is 6.08 Å². The van der Waals surface area contributed by atoms with Crippen LogP contribution in [-0.4, -0.2) is 46.5 Å². The highest BCUT2D eigenvalue weighted by atomic mass is 16.5. The Balaban J connectivity index is 1.80. The molecule has 3 rings (SSSR count). The number of nitrogens with one attached hydrogen (secondary N) is 2. The van der Waals surface area contributed by atoms with Gasteiger partial charge in [0.25, 0.3) is 17.7 Å². The first kappa shape index (κ1) is 16.0. The number of anilines is 2. The number of aliphatic hydroxyl groups excluding tert-OH is 1. The van der Waals surface area contributed by atoms with E-state index in [0.29, 0.717) is 17.1 Å². The van der Waals surface area contributed by atoms with Crippen LogP contribution in [-0.2, 0) is 14.4 Å². The Labute approximate surface area is 138 Å². The number of rotatable bonds is 4. The molecule has 3 amide bonds. The molecule has 24 heavy (non-hydrogen) atoms. The van der Waals surface area contributed by atoms with E-state index in [4.69, 9.17) is 9.84 Å². The van der Waals surface area contributed by atoms with Crippen LogP contribution in [0, 0.1) is 0 Å². The van der Waals surface area contributed by atoms with Crippen molar-refractivity contribution in [1.29, 1.82) is 0 Å². The zero-order chi connectivity index (χ0) is 17.5. The molecule has 3 N–H and O–H groups in total. The lowest BCUT2D eigenvalue weighted by Gasteiger charge is -2.31. The van der Waals surface area contributed by atoms with Crippen molar-refractivity contribution in [2.75, 3.05) is 23.8 Å². The van der Waals surface area contributed by atoms with Crippen molar-refractivity contribution in [2.45, 2.75) is 19.4 Å². The Bertz CT molecular complexity index is 769. The molecule has 0 aliphatic carbocycles. The first-order valence-corrected chi connectivity index (χ1v) is 7.42. The highest BCUT2D eigenvalue weighted by molar-refractivity contribution is 6.17. The van der Waals surface area contributed by atoms with Gasteiger partial charge in [-0.1, -0.05) is 0 Å². The SMILES string of the molecule is CC1(C)Oc2ccc(NC3=CC(=O)N(CCO)C3=O)cc2NC1=O. The van der Waals surface area contributed by atoms with Crippen LogP contribution >= 0.6 is 0 Å². The van der Waals surface area contributed by atoms with E-state index >= 15 is 0 Å². The Kier molecular flexibility index (Phi) is 3.76. The van der Waals surface area contributed by atoms with Gasteiger partial charge in [0.15, 0.2) is 5.60 Å². The average molecular weight is 331 g/mol. The molecule has 0 bridgehead atoms. The third kappa shape index (κ3) is 2.71. The summed E-state index contributed by atoms with van der Waals surface area (Å²) < 4.78 is 5.63. The van der Waals surface area contributed by atoms with Crippen LogP contribution in [0.4, 0.5) is 11.4 Å². The summed E-state index contributed by atoms with van der Waals surface area (Å²) in [6, 6.07) is 4.97. The maximum Gasteiger partial charge on any atom is 0.277 e. The van der Waals surface area contributed by atoms with E-state index < -0.39 is 17.4 Å². The molecule has 0 saturated heterocycles. The Morgan fingerprint density at radius 3 is 2.75 bits per heavy atom. The standard InChI is InChI=1S/C16H17N3O5/c1-16(2)15(23)18-10-7-9(3-4-12(10)24-16)17-11-8-13(21)19(5-6-20)14(11)22/h3-4,7-8,17,20H,5-6H2,1-2H3,(H,18,23). The van der Waals surface area contributed by atoms with Crippen LogP contribution in [0.5, 0.6) is 5.75 Å². The second kappa shape index (κ2) is 5.64. The molecule has 0 fully saturated rings. The lowest BCUT2D eigenvalue weighted by molar-refractivity contribution is -0.137. The topological polar surface area (TPSA) is 108 Å². The molecule has 2 aliphatic rings. The van der Waals surface area contributed by atoms with Gasteiger partial charge in [-0.2, -0.15) is 0 Å². The summed E-state index contributed by atoms with van der Waals surface area (Å²) in [5.41, 5.74) is 0.157. The molecule has 1 aromatic rings. The van der Waals surface area contributed by atoms with Gasteiger partial charge < -0.3 is 20.5 Å². The number of ether oxygens (including phenoxy) is 1. The van der Waals surface area contributed by atoms with Crippen molar-refractivity contribution >= 4 is 29.1 Å². The number of hydrogen-bond acceptors (Lipinski definition) is 6. The Morgan fingerprint density at radius 1 is 1.29 bits per heavy atom. The quantitative estimate of drug-likeness (QED) is 0.692. The molecule has 0 aromatic heterocycles. The molecule has 2 heterocycles. The van der Waals surface area contributed by atoms with E-state index in [-0.39, 0.29) is 24.8 Å². The fourth-order valence-corrected chi connectivity index (χ4v) is 2.45. The molecule has 126 valence electrons. The number of imide groups is 1. The van der Waals surface area contributed by atoms with Gasteiger partial charge >= 0.3 is 0 Å². The third-order valence-electron chi connectivity index (χ3n) is 3.75. The Morgan fingerprint density at radius 2 is 2.04 bits per heavy atom. The lowest BCUT2D eigenvalue weighted by atomic mass is 10.1. The highest BCUT2D eigenvalue weighted by Gasteiger charge is 2.35. The van der Waals surface area contributed by atoms with Crippen LogP contribution in [0.1, 0.15) is 13.8 Å². The summed E-state index contributed by atoms with van der Waals surface area (Å²) in [5, 5.41) is 14.5. The van der Waals surface area contributed by atoms with Gasteiger partial charge in [-0.15, -0.1) is 0 Å². The number of carbonyl (C=O) groups excluding carboxylic acids is 3. The predicted octanol–water partition coefficient (Wildman–Crippen LogP) is 0.453. The molecule has 0 unspecified atom stereocenters. The van der Waals surface area contributed by atoms with Gasteiger partial charge in [-0.25, -0.2) is 0 Å². The molecule has 0 radical (unpaired) electrons. The van der Waals surface area contributed by atoms with Gasteiger partial charge in [-0.3, -0.25) is 19.3 Å². The van der Waals surface area contributed by atoms with Crippen molar-refractivity contribution in [3.63, 3.8) is 0 Å². The minimum Gasteiger partial charge on any atom is -0.476 e. The van der Waals surface area contributed by atoms with Crippen molar-refractivity contribution in [2.24, 2.45) is 0 Å². The predicted molar refractivity (Wildman–Crippen MR) is 85.3 cm³/mol. The van der Waals surface area contributed by atoms with Crippen LogP contribution in [0.3, 0.4) is 0 Å². The minimum absolute atomic E-state index is 0.0531. The normalized spacial score (nSPS) is 18.7. The second-order valence-electron chi connectivity index (χ2n) is 5.98. The van der Waals surface area contributed by atoms with Crippen LogP contribution in [0.15, 0.2) is 30.0 Å². The van der Waals surface area contributed by atoms with Crippen molar-refractivity contribution < 1.29 is 24.2 Å². The zero-order valence-electron chi connectivity index (χ0n) is 13.3. The summed E-state index contributed by atoms with van der Waals surface area (Å²) in [6.07, 6.45) is 1.18. The lowest BCUT2D eigenvalue weighted by Crippen LogP contribution is -2.45. The van der Waals surface area contributed by atoms with Crippen molar-refractivity contribution in [1.82, 2.24) is 4.90 Å². The van der Waals surface area contributed by atoms with E-state index in [1.54, 1.807) is 32.0 Å². The van der Waals surface area contributed by atoms with E-state index in [2.05, 4.69) is 10.6 Å². The van der Waals surface area contributed by atoms with E-state index in [0.717, 1.165) is 4.90 Å². The van der Waals surface area contributed by atoms with Crippen LogP contribution in [0.25, 0.3) is 0 Å². The number of amides is 3. The molecule has 8 heteroatoms. The number of aliphatic hydroxyl groups is 1. The van der Waals surface area contributed by atoms with Crippen LogP contribution in [0.2, 0.25) is 0 Å². The van der Waals surface area contributed by atoms with E-state index in [9.17, 15) is 14.4 Å². The summed E-state index contributed by atoms with van der Waals surface area (Å²) >= 11 is 0. The zero-order valence-corrected chi connectivity index (χ0v) is 13.3. The summed E-state index contributed by atoms with van der Waals surface area (Å²) in [6.45, 7) is 2.99. The maximum atomic E-state index is 12.1. The van der Waals surface area contributed by atoms with Crippen molar-refractivity contribution in [3.05, 3.63) is 30.0 Å². The molecule has 1 aromatic carbocycles. The molecular weight excluding hydrogens is 314 g/mol. The summed E-state index contributed by atoms with van der Waals surface area (Å²) in [4.78, 5) is 36.7. The number of fused-ring (bicyclic) bond motifs is 1. The van der Waals surface area contributed by atoms with Gasteiger partial charge in [0.1, 0.15) is 11.4 Å². The first-order chi connectivity index (χ1) is 11.3. The monoisotopic (exact) mass is 331 g/mol. The highest BCUT2D eigenvalue weighted by Crippen LogP contribution is 2.35. The van der Waals surface area contributed by atoms with Gasteiger partial charge in [0, 0.05) is 11.8 Å². The van der Waals surface area contributed by atoms with Gasteiger partial charge in [0.2, 0.25) is 0 Å². The van der Waals surface area contributed by atoms with Gasteiger partial charge in [0.05, 0.1) is 18.8 Å². The minimum atomic E-state index is -0.955. The molecule has 2 aliphatic heterocycles. The smallest absolute Gasteiger partial charge is 0.277 e. The molecule has 0 atom stereocenters. The van der Waals surface area contributed by atoms with Gasteiger partial charge in [-0.05, 0) is 32.0 Å². The largest absolute Gasteiger partial charge is 0.476 e. The van der Waals surface area contributed by atoms with Crippen LogP contribution < -0.4 is 15.4 Å². The third-order valence-corrected chi connectivity index (χ3v) is 3.75. The number of carbonyl (C=O) groups is 3. The first-order valence-electron chi connectivity index (χ1n) is 7.42. The Hall–Kier alpha value is -2.87. The fourth-order valence-electron chi connectivity index (χ4n) is 2.45.